The van der Waals surface area contributed by atoms with E-state index in [2.05, 4.69) is 45.1 Å². The normalized spacial score (nSPS) is 15.6. The Morgan fingerprint density at radius 1 is 1.36 bits per heavy atom. The standard InChI is InChI=1S/C10H11BrN2S/c1-6(7(2)11)9-10-8(3-4-14-10)12-5-13-9/h3-7H,1-2H3. The van der Waals surface area contributed by atoms with Crippen LogP contribution in [0, 0.1) is 0 Å². The van der Waals surface area contributed by atoms with Crippen LogP contribution in [0.2, 0.25) is 0 Å². The van der Waals surface area contributed by atoms with E-state index in [-0.39, 0.29) is 0 Å². The number of rotatable bonds is 2. The Bertz CT molecular complexity index is 438. The highest BCUT2D eigenvalue weighted by Crippen LogP contribution is 2.30. The first kappa shape index (κ1) is 10.1. The summed E-state index contributed by atoms with van der Waals surface area (Å²) in [7, 11) is 0. The van der Waals surface area contributed by atoms with Gasteiger partial charge in [-0.1, -0.05) is 29.8 Å². The number of fused-ring (bicyclic) bond motifs is 1. The first-order valence-electron chi connectivity index (χ1n) is 4.52. The molecule has 2 aromatic rings. The van der Waals surface area contributed by atoms with Gasteiger partial charge in [0.25, 0.3) is 0 Å². The van der Waals surface area contributed by atoms with E-state index < -0.39 is 0 Å². The molecule has 14 heavy (non-hydrogen) atoms. The number of hydrogen-bond acceptors (Lipinski definition) is 3. The lowest BCUT2D eigenvalue weighted by molar-refractivity contribution is 0.740. The van der Waals surface area contributed by atoms with E-state index in [1.165, 1.54) is 4.70 Å². The molecule has 0 spiro atoms. The molecule has 0 N–H and O–H groups in total. The Hall–Kier alpha value is -0.480. The number of aromatic nitrogens is 2. The van der Waals surface area contributed by atoms with Crippen molar-refractivity contribution in [3.05, 3.63) is 23.5 Å². The number of thiophene rings is 1. The molecule has 0 amide bonds. The number of alkyl halides is 1. The average molecular weight is 271 g/mol. The summed E-state index contributed by atoms with van der Waals surface area (Å²) in [6.07, 6.45) is 1.65. The van der Waals surface area contributed by atoms with Gasteiger partial charge in [0.1, 0.15) is 6.33 Å². The van der Waals surface area contributed by atoms with Crippen molar-refractivity contribution in [1.29, 1.82) is 0 Å². The Morgan fingerprint density at radius 2 is 2.14 bits per heavy atom. The van der Waals surface area contributed by atoms with Crippen LogP contribution in [0.3, 0.4) is 0 Å². The van der Waals surface area contributed by atoms with Crippen LogP contribution < -0.4 is 0 Å². The molecule has 4 heteroatoms. The number of hydrogen-bond donors (Lipinski definition) is 0. The Balaban J connectivity index is 2.56. The molecular weight excluding hydrogens is 260 g/mol. The predicted octanol–water partition coefficient (Wildman–Crippen LogP) is 3.58. The molecule has 2 nitrogen and oxygen atoms in total. The smallest absolute Gasteiger partial charge is 0.116 e. The summed E-state index contributed by atoms with van der Waals surface area (Å²) in [6.45, 7) is 4.33. The van der Waals surface area contributed by atoms with Crippen LogP contribution in [0.5, 0.6) is 0 Å². The van der Waals surface area contributed by atoms with E-state index in [0.717, 1.165) is 11.2 Å². The Kier molecular flexibility index (Phi) is 2.83. The van der Waals surface area contributed by atoms with Crippen molar-refractivity contribution in [1.82, 2.24) is 9.97 Å². The Labute approximate surface area is 95.5 Å². The highest BCUT2D eigenvalue weighted by atomic mass is 79.9. The minimum Gasteiger partial charge on any atom is -0.240 e. The van der Waals surface area contributed by atoms with Crippen molar-refractivity contribution in [3.8, 4) is 0 Å². The fourth-order valence-corrected chi connectivity index (χ4v) is 2.53. The largest absolute Gasteiger partial charge is 0.240 e. The van der Waals surface area contributed by atoms with Crippen molar-refractivity contribution < 1.29 is 0 Å². The molecule has 74 valence electrons. The zero-order valence-electron chi connectivity index (χ0n) is 8.07. The highest BCUT2D eigenvalue weighted by Gasteiger charge is 2.16. The van der Waals surface area contributed by atoms with Crippen LogP contribution in [0.1, 0.15) is 25.5 Å². The molecule has 0 bridgehead atoms. The van der Waals surface area contributed by atoms with Gasteiger partial charge in [0, 0.05) is 10.7 Å². The molecule has 0 radical (unpaired) electrons. The maximum absolute atomic E-state index is 4.37. The van der Waals surface area contributed by atoms with Crippen molar-refractivity contribution in [2.24, 2.45) is 0 Å². The van der Waals surface area contributed by atoms with Crippen LogP contribution in [0.25, 0.3) is 10.2 Å². The summed E-state index contributed by atoms with van der Waals surface area (Å²) in [4.78, 5) is 9.03. The average Bonchev–Trinajstić information content (AvgIpc) is 2.63. The molecule has 0 saturated heterocycles. The third-order valence-electron chi connectivity index (χ3n) is 2.39. The van der Waals surface area contributed by atoms with E-state index in [1.807, 2.05) is 6.07 Å². The van der Waals surface area contributed by atoms with Crippen LogP contribution in [0.4, 0.5) is 0 Å². The van der Waals surface area contributed by atoms with Gasteiger partial charge in [0.2, 0.25) is 0 Å². The van der Waals surface area contributed by atoms with Crippen molar-refractivity contribution in [3.63, 3.8) is 0 Å². The molecule has 2 aromatic heterocycles. The minimum atomic E-state index is 0.416. The van der Waals surface area contributed by atoms with Gasteiger partial charge in [-0.25, -0.2) is 9.97 Å². The van der Waals surface area contributed by atoms with Crippen molar-refractivity contribution >= 4 is 37.5 Å². The summed E-state index contributed by atoms with van der Waals surface area (Å²) in [6, 6.07) is 2.04. The fraction of sp³-hybridized carbons (Fsp3) is 0.400. The van der Waals surface area contributed by atoms with Gasteiger partial charge in [0.05, 0.1) is 15.9 Å². The lowest BCUT2D eigenvalue weighted by Gasteiger charge is -2.13. The molecule has 0 aliphatic rings. The molecule has 0 aliphatic heterocycles. The topological polar surface area (TPSA) is 25.8 Å². The minimum absolute atomic E-state index is 0.416. The second-order valence-electron chi connectivity index (χ2n) is 3.36. The molecule has 2 unspecified atom stereocenters. The van der Waals surface area contributed by atoms with Crippen LogP contribution in [-0.4, -0.2) is 14.8 Å². The summed E-state index contributed by atoms with van der Waals surface area (Å²) in [5.74, 6) is 0.416. The SMILES string of the molecule is CC(Br)C(C)c1ncnc2ccsc12. The van der Waals surface area contributed by atoms with Gasteiger partial charge in [-0.2, -0.15) is 0 Å². The van der Waals surface area contributed by atoms with Gasteiger partial charge in [-0.05, 0) is 11.4 Å². The molecule has 2 rings (SSSR count). The lowest BCUT2D eigenvalue weighted by Crippen LogP contribution is -2.06. The maximum Gasteiger partial charge on any atom is 0.116 e. The van der Waals surface area contributed by atoms with Gasteiger partial charge >= 0.3 is 0 Å². The highest BCUT2D eigenvalue weighted by molar-refractivity contribution is 9.09. The quantitative estimate of drug-likeness (QED) is 0.780. The molecule has 2 heterocycles. The van der Waals surface area contributed by atoms with E-state index in [1.54, 1.807) is 17.7 Å². The van der Waals surface area contributed by atoms with Gasteiger partial charge in [-0.3, -0.25) is 0 Å². The van der Waals surface area contributed by atoms with E-state index in [0.29, 0.717) is 10.7 Å². The first-order valence-corrected chi connectivity index (χ1v) is 6.32. The molecule has 0 aliphatic carbocycles. The van der Waals surface area contributed by atoms with Crippen LogP contribution >= 0.6 is 27.3 Å². The summed E-state index contributed by atoms with van der Waals surface area (Å²) in [5.41, 5.74) is 2.20. The van der Waals surface area contributed by atoms with E-state index in [4.69, 9.17) is 0 Å². The predicted molar refractivity (Wildman–Crippen MR) is 64.2 cm³/mol. The summed E-state index contributed by atoms with van der Waals surface area (Å²) in [5, 5.41) is 2.06. The third kappa shape index (κ3) is 1.68. The molecular formula is C10H11BrN2S. The van der Waals surface area contributed by atoms with E-state index in [9.17, 15) is 0 Å². The van der Waals surface area contributed by atoms with Gasteiger partial charge in [0.15, 0.2) is 0 Å². The monoisotopic (exact) mass is 270 g/mol. The second kappa shape index (κ2) is 3.95. The molecule has 0 saturated carbocycles. The van der Waals surface area contributed by atoms with Crippen molar-refractivity contribution in [2.75, 3.05) is 0 Å². The van der Waals surface area contributed by atoms with Gasteiger partial charge in [-0.15, -0.1) is 11.3 Å². The summed E-state index contributed by atoms with van der Waals surface area (Å²) >= 11 is 5.31. The van der Waals surface area contributed by atoms with Crippen molar-refractivity contribution in [2.45, 2.75) is 24.6 Å². The Morgan fingerprint density at radius 3 is 2.86 bits per heavy atom. The fourth-order valence-electron chi connectivity index (χ4n) is 1.35. The second-order valence-corrected chi connectivity index (χ2v) is 5.72. The van der Waals surface area contributed by atoms with Crippen LogP contribution in [-0.2, 0) is 0 Å². The van der Waals surface area contributed by atoms with Crippen LogP contribution in [0.15, 0.2) is 17.8 Å². The van der Waals surface area contributed by atoms with Gasteiger partial charge < -0.3 is 0 Å². The maximum atomic E-state index is 4.37. The zero-order valence-corrected chi connectivity index (χ0v) is 10.5. The van der Waals surface area contributed by atoms with E-state index >= 15 is 0 Å². The molecule has 0 fully saturated rings. The summed E-state index contributed by atoms with van der Waals surface area (Å²) < 4.78 is 1.21. The molecule has 0 aromatic carbocycles. The third-order valence-corrected chi connectivity index (χ3v) is 4.11. The molecule has 2 atom stereocenters. The lowest BCUT2D eigenvalue weighted by atomic mass is 10.0. The zero-order chi connectivity index (χ0) is 10.1. The number of nitrogens with zero attached hydrogens (tertiary/aromatic N) is 2. The number of halogens is 1. The first-order chi connectivity index (χ1) is 6.70.